The molecule has 2 nitrogen and oxygen atoms in total. The van der Waals surface area contributed by atoms with E-state index in [4.69, 9.17) is 0 Å². The van der Waals surface area contributed by atoms with Crippen molar-refractivity contribution in [2.75, 3.05) is 13.1 Å². The molecule has 64 valence electrons. The summed E-state index contributed by atoms with van der Waals surface area (Å²) in [6, 6.07) is 0. The van der Waals surface area contributed by atoms with Gasteiger partial charge in [0, 0.05) is 6.42 Å². The van der Waals surface area contributed by atoms with Gasteiger partial charge in [-0.1, -0.05) is 0 Å². The van der Waals surface area contributed by atoms with Gasteiger partial charge in [-0.3, -0.25) is 0 Å². The van der Waals surface area contributed by atoms with Gasteiger partial charge in [0.2, 0.25) is 0 Å². The molecule has 1 aliphatic rings. The minimum atomic E-state index is 0.344. The summed E-state index contributed by atoms with van der Waals surface area (Å²) in [5.74, 6) is 0.999. The molecule has 0 spiro atoms. The zero-order valence-corrected chi connectivity index (χ0v) is 7.23. The molecule has 2 heteroatoms. The van der Waals surface area contributed by atoms with Crippen LogP contribution in [0, 0.1) is 5.92 Å². The first-order chi connectivity index (χ1) is 5.29. The van der Waals surface area contributed by atoms with E-state index in [0.717, 1.165) is 19.5 Å². The lowest BCUT2D eigenvalue weighted by atomic mass is 9.95. The Labute approximate surface area is 68.4 Å². The lowest BCUT2D eigenvalue weighted by Gasteiger charge is -2.09. The van der Waals surface area contributed by atoms with E-state index in [-0.39, 0.29) is 0 Å². The lowest BCUT2D eigenvalue weighted by molar-refractivity contribution is -0.117. The highest BCUT2D eigenvalue weighted by Gasteiger charge is 2.12. The van der Waals surface area contributed by atoms with E-state index < -0.39 is 0 Å². The van der Waals surface area contributed by atoms with Crippen LogP contribution in [0.5, 0.6) is 0 Å². The van der Waals surface area contributed by atoms with Crippen LogP contribution in [0.3, 0.4) is 0 Å². The molecule has 0 radical (unpaired) electrons. The van der Waals surface area contributed by atoms with Crippen molar-refractivity contribution in [3.05, 3.63) is 0 Å². The molecule has 1 saturated heterocycles. The maximum absolute atomic E-state index is 10.8. The van der Waals surface area contributed by atoms with Crippen molar-refractivity contribution in [3.8, 4) is 0 Å². The molecule has 0 saturated carbocycles. The van der Waals surface area contributed by atoms with Crippen molar-refractivity contribution < 1.29 is 4.79 Å². The highest BCUT2D eigenvalue weighted by molar-refractivity contribution is 5.75. The van der Waals surface area contributed by atoms with Crippen molar-refractivity contribution in [3.63, 3.8) is 0 Å². The lowest BCUT2D eigenvalue weighted by Crippen LogP contribution is -2.14. The van der Waals surface area contributed by atoms with Gasteiger partial charge in [0.05, 0.1) is 0 Å². The zero-order chi connectivity index (χ0) is 8.10. The first-order valence-corrected chi connectivity index (χ1v) is 4.49. The topological polar surface area (TPSA) is 29.1 Å². The largest absolute Gasteiger partial charge is 0.317 e. The molecule has 1 heterocycles. The fourth-order valence-corrected chi connectivity index (χ4v) is 1.70. The van der Waals surface area contributed by atoms with Crippen molar-refractivity contribution in [2.45, 2.75) is 32.6 Å². The van der Waals surface area contributed by atoms with Crippen molar-refractivity contribution >= 4 is 5.78 Å². The van der Waals surface area contributed by atoms with Crippen LogP contribution in [0.25, 0.3) is 0 Å². The highest BCUT2D eigenvalue weighted by Crippen LogP contribution is 2.17. The van der Waals surface area contributed by atoms with Gasteiger partial charge in [-0.2, -0.15) is 0 Å². The Balaban J connectivity index is 2.25. The predicted molar refractivity (Wildman–Crippen MR) is 45.5 cm³/mol. The fourth-order valence-electron chi connectivity index (χ4n) is 1.70. The summed E-state index contributed by atoms with van der Waals surface area (Å²) in [5, 5.41) is 3.34. The SMILES string of the molecule is CC(=O)CC1CCCNCC1. The van der Waals surface area contributed by atoms with Gasteiger partial charge >= 0.3 is 0 Å². The van der Waals surface area contributed by atoms with Gasteiger partial charge in [-0.25, -0.2) is 0 Å². The van der Waals surface area contributed by atoms with Crippen molar-refractivity contribution in [1.29, 1.82) is 0 Å². The molecule has 1 fully saturated rings. The van der Waals surface area contributed by atoms with Crippen LogP contribution >= 0.6 is 0 Å². The summed E-state index contributed by atoms with van der Waals surface area (Å²) in [5.41, 5.74) is 0. The monoisotopic (exact) mass is 155 g/mol. The molecule has 1 unspecified atom stereocenters. The summed E-state index contributed by atoms with van der Waals surface area (Å²) in [4.78, 5) is 10.8. The molecular weight excluding hydrogens is 138 g/mol. The van der Waals surface area contributed by atoms with Gasteiger partial charge in [0.25, 0.3) is 0 Å². The quantitative estimate of drug-likeness (QED) is 0.652. The molecule has 0 aromatic rings. The standard InChI is InChI=1S/C9H17NO/c1-8(11)7-9-3-2-5-10-6-4-9/h9-10H,2-7H2,1H3. The van der Waals surface area contributed by atoms with Crippen LogP contribution < -0.4 is 5.32 Å². The average molecular weight is 155 g/mol. The van der Waals surface area contributed by atoms with E-state index in [1.54, 1.807) is 6.92 Å². The molecule has 0 aromatic heterocycles. The number of ketones is 1. The Hall–Kier alpha value is -0.370. The molecule has 11 heavy (non-hydrogen) atoms. The Morgan fingerprint density at radius 3 is 3.00 bits per heavy atom. The first kappa shape index (κ1) is 8.72. The summed E-state index contributed by atoms with van der Waals surface area (Å²) >= 11 is 0. The number of rotatable bonds is 2. The minimum Gasteiger partial charge on any atom is -0.317 e. The fraction of sp³-hybridized carbons (Fsp3) is 0.889. The Bertz CT molecular complexity index is 126. The molecule has 0 bridgehead atoms. The van der Waals surface area contributed by atoms with Crippen LogP contribution in [0.1, 0.15) is 32.6 Å². The smallest absolute Gasteiger partial charge is 0.130 e. The summed E-state index contributed by atoms with van der Waals surface area (Å²) < 4.78 is 0. The number of hydrogen-bond acceptors (Lipinski definition) is 2. The van der Waals surface area contributed by atoms with E-state index in [0.29, 0.717) is 11.7 Å². The first-order valence-electron chi connectivity index (χ1n) is 4.49. The Kier molecular flexibility index (Phi) is 3.57. The van der Waals surface area contributed by atoms with E-state index in [2.05, 4.69) is 5.32 Å². The van der Waals surface area contributed by atoms with E-state index in [9.17, 15) is 4.79 Å². The Morgan fingerprint density at radius 1 is 1.45 bits per heavy atom. The molecule has 1 N–H and O–H groups in total. The van der Waals surface area contributed by atoms with Crippen molar-refractivity contribution in [2.24, 2.45) is 5.92 Å². The maximum atomic E-state index is 10.8. The van der Waals surface area contributed by atoms with Crippen LogP contribution in [0.4, 0.5) is 0 Å². The second-order valence-corrected chi connectivity index (χ2v) is 3.45. The van der Waals surface area contributed by atoms with E-state index in [1.165, 1.54) is 19.3 Å². The molecule has 0 aromatic carbocycles. The third kappa shape index (κ3) is 3.51. The molecule has 0 aliphatic carbocycles. The van der Waals surface area contributed by atoms with Crippen LogP contribution in [0.2, 0.25) is 0 Å². The number of hydrogen-bond donors (Lipinski definition) is 1. The number of Topliss-reactive ketones (excluding diaryl/α,β-unsaturated/α-hetero) is 1. The molecule has 1 atom stereocenters. The van der Waals surface area contributed by atoms with Gasteiger partial charge in [-0.15, -0.1) is 0 Å². The van der Waals surface area contributed by atoms with E-state index in [1.807, 2.05) is 0 Å². The zero-order valence-electron chi connectivity index (χ0n) is 7.23. The molecular formula is C9H17NO. The third-order valence-electron chi connectivity index (χ3n) is 2.27. The second kappa shape index (κ2) is 4.50. The van der Waals surface area contributed by atoms with Gasteiger partial charge in [0.15, 0.2) is 0 Å². The summed E-state index contributed by atoms with van der Waals surface area (Å²) in [6.45, 7) is 3.92. The highest BCUT2D eigenvalue weighted by atomic mass is 16.1. The average Bonchev–Trinajstić information content (AvgIpc) is 2.14. The summed E-state index contributed by atoms with van der Waals surface area (Å²) in [7, 11) is 0. The maximum Gasteiger partial charge on any atom is 0.130 e. The van der Waals surface area contributed by atoms with Gasteiger partial charge in [0.1, 0.15) is 5.78 Å². The molecule has 0 amide bonds. The van der Waals surface area contributed by atoms with Gasteiger partial charge < -0.3 is 10.1 Å². The third-order valence-corrected chi connectivity index (χ3v) is 2.27. The summed E-state index contributed by atoms with van der Waals surface area (Å²) in [6.07, 6.45) is 4.44. The Morgan fingerprint density at radius 2 is 2.27 bits per heavy atom. The van der Waals surface area contributed by atoms with E-state index >= 15 is 0 Å². The van der Waals surface area contributed by atoms with Crippen LogP contribution in [-0.2, 0) is 4.79 Å². The van der Waals surface area contributed by atoms with Gasteiger partial charge in [-0.05, 0) is 45.2 Å². The minimum absolute atomic E-state index is 0.344. The van der Waals surface area contributed by atoms with Crippen LogP contribution in [-0.4, -0.2) is 18.9 Å². The second-order valence-electron chi connectivity index (χ2n) is 3.45. The number of carbonyl (C=O) groups excluding carboxylic acids is 1. The van der Waals surface area contributed by atoms with Crippen LogP contribution in [0.15, 0.2) is 0 Å². The normalized spacial score (nSPS) is 26.1. The molecule has 1 rings (SSSR count). The number of nitrogens with one attached hydrogen (secondary N) is 1. The number of carbonyl (C=O) groups is 1. The molecule has 1 aliphatic heterocycles. The van der Waals surface area contributed by atoms with Crippen molar-refractivity contribution in [1.82, 2.24) is 5.32 Å². The predicted octanol–water partition coefficient (Wildman–Crippen LogP) is 1.36.